The molecule has 0 radical (unpaired) electrons. The molecule has 1 rings (SSSR count). The lowest BCUT2D eigenvalue weighted by atomic mass is 9.98. The zero-order valence-corrected chi connectivity index (χ0v) is 9.79. The van der Waals surface area contributed by atoms with E-state index in [0.717, 1.165) is 0 Å². The van der Waals surface area contributed by atoms with Gasteiger partial charge in [-0.1, -0.05) is 0 Å². The fraction of sp³-hybridized carbons (Fsp3) is 0.273. The normalized spacial score (nSPS) is 12.2. The van der Waals surface area contributed by atoms with Crippen molar-refractivity contribution in [1.82, 2.24) is 0 Å². The fourth-order valence-corrected chi connectivity index (χ4v) is 1.59. The molecule has 0 amide bonds. The van der Waals surface area contributed by atoms with Gasteiger partial charge in [-0.25, -0.2) is 22.4 Å². The number of hydrogen-bond acceptors (Lipinski definition) is 3. The highest BCUT2D eigenvalue weighted by Crippen LogP contribution is 2.29. The first-order valence-electron chi connectivity index (χ1n) is 5.25. The van der Waals surface area contributed by atoms with Gasteiger partial charge in [0.25, 0.3) is 0 Å². The van der Waals surface area contributed by atoms with Crippen LogP contribution >= 0.6 is 0 Å². The number of halogens is 4. The van der Waals surface area contributed by atoms with Crippen LogP contribution in [-0.2, 0) is 4.79 Å². The van der Waals surface area contributed by atoms with Crippen molar-refractivity contribution in [3.05, 3.63) is 34.4 Å². The molecule has 1 aromatic rings. The van der Waals surface area contributed by atoms with E-state index in [0.29, 0.717) is 0 Å². The van der Waals surface area contributed by atoms with Crippen molar-refractivity contribution in [1.29, 1.82) is 0 Å². The molecule has 0 saturated heterocycles. The molecule has 20 heavy (non-hydrogen) atoms. The van der Waals surface area contributed by atoms with Crippen LogP contribution in [0.4, 0.5) is 17.6 Å². The molecule has 0 aliphatic carbocycles. The van der Waals surface area contributed by atoms with Gasteiger partial charge in [0.2, 0.25) is 0 Å². The minimum Gasteiger partial charge on any atom is -0.481 e. The van der Waals surface area contributed by atoms with Gasteiger partial charge in [-0.2, -0.15) is 0 Å². The molecule has 0 heterocycles. The number of rotatable bonds is 5. The summed E-state index contributed by atoms with van der Waals surface area (Å²) in [6.45, 7) is 0. The summed E-state index contributed by atoms with van der Waals surface area (Å²) in [4.78, 5) is 20.8. The van der Waals surface area contributed by atoms with Crippen molar-refractivity contribution >= 4 is 11.9 Å². The highest BCUT2D eigenvalue weighted by molar-refractivity contribution is 5.88. The lowest BCUT2D eigenvalue weighted by Crippen LogP contribution is -2.20. The molecular formula is C11H9F4NO4. The Bertz CT molecular complexity index is 547. The van der Waals surface area contributed by atoms with Crippen molar-refractivity contribution in [2.24, 2.45) is 5.73 Å². The topological polar surface area (TPSA) is 101 Å². The minimum atomic E-state index is -2.18. The van der Waals surface area contributed by atoms with Gasteiger partial charge >= 0.3 is 11.9 Å². The van der Waals surface area contributed by atoms with Crippen LogP contribution < -0.4 is 5.73 Å². The van der Waals surface area contributed by atoms with Crippen LogP contribution in [0.2, 0.25) is 0 Å². The van der Waals surface area contributed by atoms with E-state index in [1.807, 2.05) is 0 Å². The third-order valence-electron chi connectivity index (χ3n) is 2.55. The van der Waals surface area contributed by atoms with E-state index in [-0.39, 0.29) is 0 Å². The number of aromatic carboxylic acids is 1. The van der Waals surface area contributed by atoms with E-state index < -0.39 is 65.2 Å². The van der Waals surface area contributed by atoms with Crippen LogP contribution in [0.5, 0.6) is 0 Å². The van der Waals surface area contributed by atoms with Gasteiger partial charge in [0.1, 0.15) is 5.56 Å². The van der Waals surface area contributed by atoms with E-state index in [2.05, 4.69) is 0 Å². The van der Waals surface area contributed by atoms with Crippen LogP contribution in [0.25, 0.3) is 0 Å². The maximum atomic E-state index is 13.6. The summed E-state index contributed by atoms with van der Waals surface area (Å²) in [5, 5.41) is 16.9. The summed E-state index contributed by atoms with van der Waals surface area (Å²) in [6.07, 6.45) is -1.06. The Kier molecular flexibility index (Phi) is 4.66. The van der Waals surface area contributed by atoms with Crippen molar-refractivity contribution < 1.29 is 37.4 Å². The third kappa shape index (κ3) is 2.87. The van der Waals surface area contributed by atoms with Crippen molar-refractivity contribution in [2.75, 3.05) is 0 Å². The fourth-order valence-electron chi connectivity index (χ4n) is 1.59. The predicted octanol–water partition coefficient (Wildman–Crippen LogP) is 1.81. The quantitative estimate of drug-likeness (QED) is 0.568. The highest BCUT2D eigenvalue weighted by Gasteiger charge is 2.31. The van der Waals surface area contributed by atoms with Gasteiger partial charge in [0.05, 0.1) is 0 Å². The average Bonchev–Trinajstić information content (AvgIpc) is 2.34. The van der Waals surface area contributed by atoms with E-state index in [4.69, 9.17) is 15.9 Å². The summed E-state index contributed by atoms with van der Waals surface area (Å²) in [6, 6.07) is -1.63. The molecule has 1 unspecified atom stereocenters. The van der Waals surface area contributed by atoms with E-state index in [1.54, 1.807) is 0 Å². The first kappa shape index (κ1) is 15.9. The number of carboxylic acid groups (broad SMARTS) is 2. The highest BCUT2D eigenvalue weighted by atomic mass is 19.2. The van der Waals surface area contributed by atoms with Gasteiger partial charge in [-0.15, -0.1) is 0 Å². The molecule has 0 aliphatic rings. The van der Waals surface area contributed by atoms with E-state index in [9.17, 15) is 27.2 Å². The molecule has 0 fully saturated rings. The monoisotopic (exact) mass is 295 g/mol. The van der Waals surface area contributed by atoms with Gasteiger partial charge in [-0.3, -0.25) is 4.79 Å². The van der Waals surface area contributed by atoms with Crippen LogP contribution in [0.15, 0.2) is 0 Å². The first-order valence-corrected chi connectivity index (χ1v) is 5.25. The number of benzene rings is 1. The lowest BCUT2D eigenvalue weighted by molar-refractivity contribution is -0.137. The van der Waals surface area contributed by atoms with Crippen molar-refractivity contribution in [3.63, 3.8) is 0 Å². The maximum Gasteiger partial charge on any atom is 0.341 e. The first-order chi connectivity index (χ1) is 9.18. The van der Waals surface area contributed by atoms with E-state index >= 15 is 0 Å². The molecule has 1 atom stereocenters. The van der Waals surface area contributed by atoms with Crippen LogP contribution in [0.3, 0.4) is 0 Å². The second kappa shape index (κ2) is 5.87. The predicted molar refractivity (Wildman–Crippen MR) is 57.0 cm³/mol. The SMILES string of the molecule is NC(CCC(=O)O)c1c(F)c(F)c(C(=O)O)c(F)c1F. The minimum absolute atomic E-state index is 0.478. The summed E-state index contributed by atoms with van der Waals surface area (Å²) in [5.41, 5.74) is 2.30. The maximum absolute atomic E-state index is 13.6. The zero-order valence-electron chi connectivity index (χ0n) is 9.79. The molecule has 0 saturated carbocycles. The number of aliphatic carboxylic acids is 1. The molecule has 0 spiro atoms. The number of nitrogens with two attached hydrogens (primary N) is 1. The Morgan fingerprint density at radius 1 is 1.00 bits per heavy atom. The Balaban J connectivity index is 3.35. The smallest absolute Gasteiger partial charge is 0.341 e. The lowest BCUT2D eigenvalue weighted by Gasteiger charge is -2.15. The molecule has 4 N–H and O–H groups in total. The Hall–Kier alpha value is -2.16. The molecule has 110 valence electrons. The van der Waals surface area contributed by atoms with Crippen LogP contribution in [0, 0.1) is 23.3 Å². The summed E-state index contributed by atoms with van der Waals surface area (Å²) < 4.78 is 53.9. The summed E-state index contributed by atoms with van der Waals surface area (Å²) in [5.74, 6) is -11.6. The second-order valence-corrected chi connectivity index (χ2v) is 3.89. The Labute approximate surface area is 109 Å². The van der Waals surface area contributed by atoms with Gasteiger partial charge in [0.15, 0.2) is 23.3 Å². The van der Waals surface area contributed by atoms with Gasteiger partial charge in [-0.05, 0) is 6.42 Å². The van der Waals surface area contributed by atoms with Gasteiger partial charge in [0, 0.05) is 18.0 Å². The number of hydrogen-bond donors (Lipinski definition) is 3. The zero-order chi connectivity index (χ0) is 15.6. The third-order valence-corrected chi connectivity index (χ3v) is 2.55. The Morgan fingerprint density at radius 3 is 1.80 bits per heavy atom. The van der Waals surface area contributed by atoms with Crippen LogP contribution in [0.1, 0.15) is 34.8 Å². The Morgan fingerprint density at radius 2 is 1.45 bits per heavy atom. The van der Waals surface area contributed by atoms with Gasteiger partial charge < -0.3 is 15.9 Å². The standard InChI is InChI=1S/C11H9F4NO4/c12-7-5(3(16)1-2-4(17)18)8(13)10(15)6(9(7)14)11(19)20/h3H,1-2,16H2,(H,17,18)(H,19,20). The molecular weight excluding hydrogens is 286 g/mol. The van der Waals surface area contributed by atoms with Crippen LogP contribution in [-0.4, -0.2) is 22.2 Å². The summed E-state index contributed by atoms with van der Waals surface area (Å²) in [7, 11) is 0. The molecule has 5 nitrogen and oxygen atoms in total. The summed E-state index contributed by atoms with van der Waals surface area (Å²) >= 11 is 0. The second-order valence-electron chi connectivity index (χ2n) is 3.89. The molecule has 0 aromatic heterocycles. The molecule has 9 heteroatoms. The molecule has 0 bridgehead atoms. The molecule has 1 aromatic carbocycles. The largest absolute Gasteiger partial charge is 0.481 e. The number of carboxylic acids is 2. The average molecular weight is 295 g/mol. The molecule has 0 aliphatic heterocycles. The van der Waals surface area contributed by atoms with Crippen molar-refractivity contribution in [3.8, 4) is 0 Å². The van der Waals surface area contributed by atoms with Crippen molar-refractivity contribution in [2.45, 2.75) is 18.9 Å². The van der Waals surface area contributed by atoms with E-state index in [1.165, 1.54) is 0 Å². The number of carbonyl (C=O) groups is 2.